The Labute approximate surface area is 357 Å². The quantitative estimate of drug-likeness (QED) is 0.161. The van der Waals surface area contributed by atoms with Crippen molar-refractivity contribution >= 4 is 43.7 Å². The van der Waals surface area contributed by atoms with E-state index in [0.717, 1.165) is 93.9 Å². The van der Waals surface area contributed by atoms with E-state index in [9.17, 15) is 0 Å². The number of aromatic nitrogens is 4. The highest BCUT2D eigenvalue weighted by Gasteiger charge is 2.23. The van der Waals surface area contributed by atoms with Crippen LogP contribution in [-0.4, -0.2) is 19.5 Å². The molecular formula is C57H36N4O. The van der Waals surface area contributed by atoms with Gasteiger partial charge in [0.1, 0.15) is 5.58 Å². The maximum Gasteiger partial charge on any atom is 0.164 e. The van der Waals surface area contributed by atoms with Gasteiger partial charge in [0.15, 0.2) is 23.1 Å². The van der Waals surface area contributed by atoms with E-state index in [-0.39, 0.29) is 0 Å². The molecule has 0 aliphatic carbocycles. The molecule has 0 amide bonds. The Balaban J connectivity index is 1.07. The Morgan fingerprint density at radius 3 is 1.58 bits per heavy atom. The van der Waals surface area contributed by atoms with E-state index in [2.05, 4.69) is 199 Å². The van der Waals surface area contributed by atoms with Crippen molar-refractivity contribution < 1.29 is 4.42 Å². The predicted molar refractivity (Wildman–Crippen MR) is 254 cm³/mol. The standard InChI is InChI=1S/C57H36N4O/c1-4-15-37(16-5-1)40-29-31-41(32-30-40)55-58-56(44-23-12-21-42(35-44)38-17-6-2-7-18-38)60-57(59-55)49-26-14-28-51-52(49)48-34-33-47-46-25-10-11-27-50(46)61(53(47)54(48)62-51)45-24-13-22-43(36-45)39-19-8-3-9-20-39/h1-36H. The molecule has 0 atom stereocenters. The van der Waals surface area contributed by atoms with Crippen molar-refractivity contribution in [3.63, 3.8) is 0 Å². The van der Waals surface area contributed by atoms with Gasteiger partial charge < -0.3 is 8.98 Å². The average Bonchev–Trinajstić information content (AvgIpc) is 3.91. The lowest BCUT2D eigenvalue weighted by molar-refractivity contribution is 0.671. The van der Waals surface area contributed by atoms with Gasteiger partial charge in [0.05, 0.1) is 11.0 Å². The van der Waals surface area contributed by atoms with E-state index in [4.69, 9.17) is 19.4 Å². The van der Waals surface area contributed by atoms with Crippen LogP contribution in [0.3, 0.4) is 0 Å². The zero-order valence-electron chi connectivity index (χ0n) is 33.5. The first kappa shape index (κ1) is 35.5. The highest BCUT2D eigenvalue weighted by Crippen LogP contribution is 2.43. The van der Waals surface area contributed by atoms with Gasteiger partial charge in [-0.05, 0) is 69.8 Å². The second kappa shape index (κ2) is 14.7. The number of hydrogen-bond acceptors (Lipinski definition) is 4. The van der Waals surface area contributed by atoms with Crippen LogP contribution in [0.25, 0.3) is 117 Å². The molecule has 3 aromatic heterocycles. The fourth-order valence-electron chi connectivity index (χ4n) is 8.91. The number of nitrogens with zero attached hydrogens (tertiary/aromatic N) is 4. The van der Waals surface area contributed by atoms with Crippen molar-refractivity contribution in [3.05, 3.63) is 218 Å². The highest BCUT2D eigenvalue weighted by molar-refractivity contribution is 6.23. The molecule has 0 fully saturated rings. The molecule has 12 aromatic rings. The fourth-order valence-corrected chi connectivity index (χ4v) is 8.91. The van der Waals surface area contributed by atoms with E-state index in [1.165, 1.54) is 5.56 Å². The maximum atomic E-state index is 6.99. The topological polar surface area (TPSA) is 56.7 Å². The number of rotatable bonds is 7. The molecular weight excluding hydrogens is 757 g/mol. The van der Waals surface area contributed by atoms with Gasteiger partial charge in [0, 0.05) is 43.9 Å². The molecule has 0 saturated heterocycles. The van der Waals surface area contributed by atoms with Crippen molar-refractivity contribution in [1.29, 1.82) is 0 Å². The molecule has 5 heteroatoms. The van der Waals surface area contributed by atoms with E-state index in [1.807, 2.05) is 24.3 Å². The van der Waals surface area contributed by atoms with Gasteiger partial charge in [-0.1, -0.05) is 182 Å². The normalized spacial score (nSPS) is 11.5. The van der Waals surface area contributed by atoms with Gasteiger partial charge in [0.25, 0.3) is 0 Å². The van der Waals surface area contributed by atoms with Gasteiger partial charge in [-0.3, -0.25) is 0 Å². The van der Waals surface area contributed by atoms with Crippen LogP contribution in [0.15, 0.2) is 223 Å². The number of para-hydroxylation sites is 1. The molecule has 5 nitrogen and oxygen atoms in total. The van der Waals surface area contributed by atoms with Crippen LogP contribution in [0.1, 0.15) is 0 Å². The van der Waals surface area contributed by atoms with Crippen LogP contribution in [0, 0.1) is 0 Å². The van der Waals surface area contributed by atoms with Crippen LogP contribution < -0.4 is 0 Å². The monoisotopic (exact) mass is 792 g/mol. The molecule has 9 aromatic carbocycles. The minimum absolute atomic E-state index is 0.576. The van der Waals surface area contributed by atoms with Gasteiger partial charge >= 0.3 is 0 Å². The molecule has 0 N–H and O–H groups in total. The van der Waals surface area contributed by atoms with E-state index in [0.29, 0.717) is 17.5 Å². The summed E-state index contributed by atoms with van der Waals surface area (Å²) in [6.45, 7) is 0. The van der Waals surface area contributed by atoms with Crippen LogP contribution in [0.4, 0.5) is 0 Å². The second-order valence-corrected chi connectivity index (χ2v) is 15.6. The molecule has 0 aliphatic heterocycles. The molecule has 0 saturated carbocycles. The van der Waals surface area contributed by atoms with E-state index >= 15 is 0 Å². The van der Waals surface area contributed by atoms with Gasteiger partial charge in [-0.2, -0.15) is 0 Å². The third kappa shape index (κ3) is 6.06. The Hall–Kier alpha value is -8.41. The Morgan fingerprint density at radius 2 is 0.855 bits per heavy atom. The molecule has 3 heterocycles. The minimum atomic E-state index is 0.576. The Morgan fingerprint density at radius 1 is 0.339 bits per heavy atom. The number of benzene rings is 9. The summed E-state index contributed by atoms with van der Waals surface area (Å²) in [7, 11) is 0. The molecule has 62 heavy (non-hydrogen) atoms. The van der Waals surface area contributed by atoms with Crippen LogP contribution in [0.5, 0.6) is 0 Å². The number of furan rings is 1. The SMILES string of the molecule is c1ccc(-c2ccc(-c3nc(-c4cccc(-c5ccccc5)c4)nc(-c4cccc5oc6c(ccc7c8ccccc8n(-c8cccc(-c9ccccc9)c8)c76)c45)n3)cc2)cc1. The predicted octanol–water partition coefficient (Wildman–Crippen LogP) is 14.9. The van der Waals surface area contributed by atoms with Crippen molar-refractivity contribution in [2.24, 2.45) is 0 Å². The molecule has 290 valence electrons. The number of fused-ring (bicyclic) bond motifs is 7. The zero-order valence-corrected chi connectivity index (χ0v) is 33.5. The summed E-state index contributed by atoms with van der Waals surface area (Å²) in [4.78, 5) is 15.7. The van der Waals surface area contributed by atoms with Gasteiger partial charge in [-0.25, -0.2) is 15.0 Å². The first-order valence-electron chi connectivity index (χ1n) is 20.8. The smallest absolute Gasteiger partial charge is 0.164 e. The first-order valence-corrected chi connectivity index (χ1v) is 20.8. The Kier molecular flexibility index (Phi) is 8.42. The summed E-state index contributed by atoms with van der Waals surface area (Å²) in [5.74, 6) is 1.77. The Bertz CT molecular complexity index is 3610. The molecule has 12 rings (SSSR count). The average molecular weight is 793 g/mol. The lowest BCUT2D eigenvalue weighted by atomic mass is 10.0. The molecule has 0 radical (unpaired) electrons. The van der Waals surface area contributed by atoms with Crippen LogP contribution >= 0.6 is 0 Å². The third-order valence-corrected chi connectivity index (χ3v) is 11.9. The largest absolute Gasteiger partial charge is 0.454 e. The first-order chi connectivity index (χ1) is 30.7. The van der Waals surface area contributed by atoms with Crippen molar-refractivity contribution in [3.8, 4) is 73.2 Å². The zero-order chi connectivity index (χ0) is 41.0. The molecule has 0 aliphatic rings. The summed E-state index contributed by atoms with van der Waals surface area (Å²) in [6, 6.07) is 76.2. The highest BCUT2D eigenvalue weighted by atomic mass is 16.3. The lowest BCUT2D eigenvalue weighted by Crippen LogP contribution is -2.00. The molecule has 0 bridgehead atoms. The second-order valence-electron chi connectivity index (χ2n) is 15.6. The van der Waals surface area contributed by atoms with E-state index < -0.39 is 0 Å². The maximum absolute atomic E-state index is 6.99. The van der Waals surface area contributed by atoms with Crippen LogP contribution in [0.2, 0.25) is 0 Å². The molecule has 0 spiro atoms. The van der Waals surface area contributed by atoms with Crippen molar-refractivity contribution in [2.75, 3.05) is 0 Å². The van der Waals surface area contributed by atoms with Gasteiger partial charge in [-0.15, -0.1) is 0 Å². The number of hydrogen-bond donors (Lipinski definition) is 0. The van der Waals surface area contributed by atoms with E-state index in [1.54, 1.807) is 0 Å². The minimum Gasteiger partial charge on any atom is -0.454 e. The summed E-state index contributed by atoms with van der Waals surface area (Å²) in [6.07, 6.45) is 0. The summed E-state index contributed by atoms with van der Waals surface area (Å²) < 4.78 is 9.34. The fraction of sp³-hybridized carbons (Fsp3) is 0. The summed E-state index contributed by atoms with van der Waals surface area (Å²) in [5.41, 5.74) is 14.3. The summed E-state index contributed by atoms with van der Waals surface area (Å²) in [5, 5.41) is 4.24. The van der Waals surface area contributed by atoms with Crippen molar-refractivity contribution in [1.82, 2.24) is 19.5 Å². The van der Waals surface area contributed by atoms with Crippen LogP contribution in [-0.2, 0) is 0 Å². The van der Waals surface area contributed by atoms with Gasteiger partial charge in [0.2, 0.25) is 0 Å². The molecule has 0 unspecified atom stereocenters. The third-order valence-electron chi connectivity index (χ3n) is 11.9. The lowest BCUT2D eigenvalue weighted by Gasteiger charge is -2.11. The van der Waals surface area contributed by atoms with Crippen molar-refractivity contribution in [2.45, 2.75) is 0 Å². The summed E-state index contributed by atoms with van der Waals surface area (Å²) >= 11 is 0.